The fourth-order valence-corrected chi connectivity index (χ4v) is 9.93. The van der Waals surface area contributed by atoms with E-state index in [2.05, 4.69) is 103 Å². The van der Waals surface area contributed by atoms with Gasteiger partial charge in [0.15, 0.2) is 0 Å². The van der Waals surface area contributed by atoms with Crippen LogP contribution in [0.25, 0.3) is 0 Å². The lowest BCUT2D eigenvalue weighted by Gasteiger charge is -2.36. The number of aliphatic hydroxyl groups is 1. The summed E-state index contributed by atoms with van der Waals surface area (Å²) in [5.41, 5.74) is 3.90. The van der Waals surface area contributed by atoms with Crippen molar-refractivity contribution in [3.63, 3.8) is 0 Å². The van der Waals surface area contributed by atoms with Crippen molar-refractivity contribution in [1.82, 2.24) is 0 Å². The van der Waals surface area contributed by atoms with Gasteiger partial charge in [0.05, 0.1) is 40.6 Å². The molecule has 38 heavy (non-hydrogen) atoms. The van der Waals surface area contributed by atoms with Crippen molar-refractivity contribution in [2.24, 2.45) is 17.3 Å². The van der Waals surface area contributed by atoms with Crippen LogP contribution in [0.2, 0.25) is 19.6 Å². The summed E-state index contributed by atoms with van der Waals surface area (Å²) < 4.78 is 14.0. The predicted molar refractivity (Wildman–Crippen MR) is 169 cm³/mol. The third-order valence-electron chi connectivity index (χ3n) is 8.51. The smallest absolute Gasteiger partial charge is 0.0757 e. The minimum atomic E-state index is -1.74. The highest BCUT2D eigenvalue weighted by Gasteiger charge is 2.46. The van der Waals surface area contributed by atoms with Crippen LogP contribution in [0.1, 0.15) is 56.1 Å². The van der Waals surface area contributed by atoms with Crippen LogP contribution < -0.4 is 0 Å². The van der Waals surface area contributed by atoms with E-state index >= 15 is 0 Å². The molecular weight excluding hydrogens is 599 g/mol. The highest BCUT2D eigenvalue weighted by Crippen LogP contribution is 2.50. The lowest BCUT2D eigenvalue weighted by Crippen LogP contribution is -2.39. The Kier molecular flexibility index (Phi) is 11.1. The van der Waals surface area contributed by atoms with E-state index in [-0.39, 0.29) is 11.5 Å². The largest absolute Gasteiger partial charge is 0.389 e. The van der Waals surface area contributed by atoms with Gasteiger partial charge in [-0.3, -0.25) is 0 Å². The molecule has 0 saturated heterocycles. The third-order valence-corrected chi connectivity index (χ3v) is 11.8. The SMILES string of the molecule is C[Si](C)(C)/C(=C1\CC(COCc2ccccc2)(COCc2ccccc2)C[C@@H]1CI)[C@H](O)C1CCCCC1. The average Bonchev–Trinajstić information content (AvgIpc) is 3.27. The fraction of sp³-hybridized carbons (Fsp3) is 0.576. The van der Waals surface area contributed by atoms with Crippen molar-refractivity contribution in [2.75, 3.05) is 17.6 Å². The summed E-state index contributed by atoms with van der Waals surface area (Å²) in [5, 5.41) is 13.3. The van der Waals surface area contributed by atoms with Crippen molar-refractivity contribution >= 4 is 30.7 Å². The first-order chi connectivity index (χ1) is 18.3. The third kappa shape index (κ3) is 8.03. The Morgan fingerprint density at radius 2 is 1.42 bits per heavy atom. The predicted octanol–water partition coefficient (Wildman–Crippen LogP) is 8.37. The molecule has 3 nitrogen and oxygen atoms in total. The summed E-state index contributed by atoms with van der Waals surface area (Å²) in [6.45, 7) is 9.93. The fourth-order valence-electron chi connectivity index (χ4n) is 6.71. The molecule has 2 fully saturated rings. The van der Waals surface area contributed by atoms with Crippen LogP contribution in [0.5, 0.6) is 0 Å². The highest BCUT2D eigenvalue weighted by molar-refractivity contribution is 14.1. The van der Waals surface area contributed by atoms with Gasteiger partial charge in [0.1, 0.15) is 0 Å². The molecule has 0 heterocycles. The van der Waals surface area contributed by atoms with Gasteiger partial charge in [0.2, 0.25) is 0 Å². The maximum atomic E-state index is 11.9. The standard InChI is InChI=1S/C33H47IO3Si/c1-38(2,3)32(31(35)28-17-11-6-12-18-28)30-20-33(19-29(30)21-34,24-36-22-26-13-7-4-8-14-26)25-37-23-27-15-9-5-10-16-27/h4-5,7-10,13-16,28-29,31,35H,6,11-12,17-25H2,1-3H3/b32-30+/t29-,31-/m1/s1. The number of aliphatic hydroxyl groups excluding tert-OH is 1. The second-order valence-corrected chi connectivity index (χ2v) is 18.6. The lowest BCUT2D eigenvalue weighted by atomic mass is 9.83. The van der Waals surface area contributed by atoms with Gasteiger partial charge in [-0.2, -0.15) is 0 Å². The first-order valence-electron chi connectivity index (χ1n) is 14.5. The Morgan fingerprint density at radius 3 is 1.89 bits per heavy atom. The molecule has 0 aromatic heterocycles. The summed E-state index contributed by atoms with van der Waals surface area (Å²) in [5.74, 6) is 0.905. The molecule has 0 amide bonds. The molecule has 2 aliphatic carbocycles. The van der Waals surface area contributed by atoms with Gasteiger partial charge in [0, 0.05) is 9.84 Å². The molecule has 0 aliphatic heterocycles. The lowest BCUT2D eigenvalue weighted by molar-refractivity contribution is -0.0303. The molecule has 4 rings (SSSR count). The van der Waals surface area contributed by atoms with Gasteiger partial charge >= 0.3 is 0 Å². The van der Waals surface area contributed by atoms with E-state index in [0.29, 0.717) is 38.3 Å². The summed E-state index contributed by atoms with van der Waals surface area (Å²) in [6.07, 6.45) is 7.94. The topological polar surface area (TPSA) is 38.7 Å². The van der Waals surface area contributed by atoms with Gasteiger partial charge in [-0.1, -0.05) is 133 Å². The van der Waals surface area contributed by atoms with E-state index in [9.17, 15) is 5.11 Å². The number of benzene rings is 2. The van der Waals surface area contributed by atoms with Gasteiger partial charge < -0.3 is 14.6 Å². The zero-order chi connectivity index (χ0) is 27.0. The molecule has 0 unspecified atom stereocenters. The number of hydrogen-bond acceptors (Lipinski definition) is 3. The van der Waals surface area contributed by atoms with E-state index in [1.165, 1.54) is 48.4 Å². The summed E-state index contributed by atoms with van der Waals surface area (Å²) >= 11 is 2.57. The zero-order valence-corrected chi connectivity index (χ0v) is 26.8. The molecule has 2 aromatic carbocycles. The van der Waals surface area contributed by atoms with E-state index in [4.69, 9.17) is 9.47 Å². The summed E-state index contributed by atoms with van der Waals surface area (Å²) in [6, 6.07) is 20.9. The number of rotatable bonds is 12. The van der Waals surface area contributed by atoms with Crippen LogP contribution in [-0.2, 0) is 22.7 Å². The quantitative estimate of drug-likeness (QED) is 0.143. The second kappa shape index (κ2) is 14.1. The first-order valence-corrected chi connectivity index (χ1v) is 19.5. The van der Waals surface area contributed by atoms with E-state index in [0.717, 1.165) is 17.3 Å². The minimum absolute atomic E-state index is 0.0636. The molecule has 2 aromatic rings. The Bertz CT molecular complexity index is 966. The van der Waals surface area contributed by atoms with Gasteiger partial charge in [-0.15, -0.1) is 0 Å². The maximum Gasteiger partial charge on any atom is 0.0757 e. The van der Waals surface area contributed by atoms with Gasteiger partial charge in [0.25, 0.3) is 0 Å². The molecule has 1 N–H and O–H groups in total. The van der Waals surface area contributed by atoms with Crippen molar-refractivity contribution < 1.29 is 14.6 Å². The Balaban J connectivity index is 1.59. The van der Waals surface area contributed by atoms with Crippen LogP contribution in [0.3, 0.4) is 0 Å². The van der Waals surface area contributed by atoms with Crippen molar-refractivity contribution in [3.05, 3.63) is 82.6 Å². The monoisotopic (exact) mass is 646 g/mol. The molecule has 2 atom stereocenters. The molecule has 5 heteroatoms. The Labute approximate surface area is 245 Å². The number of allylic oxidation sites excluding steroid dienone is 1. The Hall–Kier alpha value is -0.993. The molecule has 208 valence electrons. The summed E-state index contributed by atoms with van der Waals surface area (Å²) in [4.78, 5) is 0. The Morgan fingerprint density at radius 1 is 0.895 bits per heavy atom. The minimum Gasteiger partial charge on any atom is -0.389 e. The van der Waals surface area contributed by atoms with Crippen molar-refractivity contribution in [2.45, 2.75) is 83.9 Å². The van der Waals surface area contributed by atoms with Crippen LogP contribution in [0.15, 0.2) is 71.4 Å². The number of ether oxygens (including phenoxy) is 2. The number of halogens is 1. The van der Waals surface area contributed by atoms with Crippen LogP contribution in [0, 0.1) is 17.3 Å². The second-order valence-electron chi connectivity index (χ2n) is 12.7. The van der Waals surface area contributed by atoms with Crippen molar-refractivity contribution in [3.8, 4) is 0 Å². The number of alkyl halides is 1. The first kappa shape index (κ1) is 30.0. The normalized spacial score (nSPS) is 22.4. The molecule has 0 spiro atoms. The molecular formula is C33H47IO3Si. The van der Waals surface area contributed by atoms with E-state index in [1.807, 2.05) is 0 Å². The summed E-state index contributed by atoms with van der Waals surface area (Å²) in [7, 11) is -1.74. The van der Waals surface area contributed by atoms with E-state index in [1.54, 1.807) is 5.57 Å². The number of hydrogen-bond donors (Lipinski definition) is 1. The average molecular weight is 647 g/mol. The van der Waals surface area contributed by atoms with Crippen molar-refractivity contribution in [1.29, 1.82) is 0 Å². The van der Waals surface area contributed by atoms with E-state index < -0.39 is 8.07 Å². The van der Waals surface area contributed by atoms with Crippen LogP contribution in [-0.4, -0.2) is 36.9 Å². The van der Waals surface area contributed by atoms with Gasteiger partial charge in [-0.05, 0) is 48.6 Å². The molecule has 2 aliphatic rings. The molecule has 2 saturated carbocycles. The molecule has 0 radical (unpaired) electrons. The van der Waals surface area contributed by atoms with Crippen LogP contribution >= 0.6 is 22.6 Å². The zero-order valence-electron chi connectivity index (χ0n) is 23.6. The molecule has 0 bridgehead atoms. The highest BCUT2D eigenvalue weighted by atomic mass is 127. The maximum absolute atomic E-state index is 11.9. The van der Waals surface area contributed by atoms with Gasteiger partial charge in [-0.25, -0.2) is 0 Å². The van der Waals surface area contributed by atoms with Crippen LogP contribution in [0.4, 0.5) is 0 Å².